The van der Waals surface area contributed by atoms with E-state index in [1.165, 1.54) is 11.2 Å². The standard InChI is InChI=1S/C15H22N4O3/c1-10-11(2)16-9-17-13(10)19-7-6-18(8-12(19)20)14(21)22-15(3,4)5/h9H,6-8H2,1-5H3. The van der Waals surface area contributed by atoms with Gasteiger partial charge in [0.2, 0.25) is 5.91 Å². The van der Waals surface area contributed by atoms with Crippen LogP contribution >= 0.6 is 0 Å². The Morgan fingerprint density at radius 3 is 2.50 bits per heavy atom. The van der Waals surface area contributed by atoms with Crippen molar-refractivity contribution in [3.63, 3.8) is 0 Å². The molecule has 1 aromatic rings. The van der Waals surface area contributed by atoms with Gasteiger partial charge in [-0.15, -0.1) is 0 Å². The summed E-state index contributed by atoms with van der Waals surface area (Å²) in [6.07, 6.45) is 0.988. The van der Waals surface area contributed by atoms with Crippen molar-refractivity contribution in [2.45, 2.75) is 40.2 Å². The number of carbonyl (C=O) groups is 2. The van der Waals surface area contributed by atoms with E-state index in [0.717, 1.165) is 11.3 Å². The summed E-state index contributed by atoms with van der Waals surface area (Å²) in [5.41, 5.74) is 1.14. The van der Waals surface area contributed by atoms with E-state index >= 15 is 0 Å². The first kappa shape index (κ1) is 16.2. The van der Waals surface area contributed by atoms with E-state index in [1.807, 2.05) is 13.8 Å². The predicted molar refractivity (Wildman–Crippen MR) is 81.7 cm³/mol. The van der Waals surface area contributed by atoms with Gasteiger partial charge in [-0.3, -0.25) is 14.6 Å². The number of anilines is 1. The number of hydrogen-bond donors (Lipinski definition) is 0. The molecule has 0 saturated carbocycles. The molecule has 120 valence electrons. The number of rotatable bonds is 1. The lowest BCUT2D eigenvalue weighted by Crippen LogP contribution is -2.53. The molecule has 1 aliphatic heterocycles. The summed E-state index contributed by atoms with van der Waals surface area (Å²) in [5, 5.41) is 0. The van der Waals surface area contributed by atoms with Crippen molar-refractivity contribution in [3.8, 4) is 0 Å². The quantitative estimate of drug-likeness (QED) is 0.789. The maximum Gasteiger partial charge on any atom is 0.410 e. The second-order valence-corrected chi connectivity index (χ2v) is 6.35. The number of amides is 2. The number of hydrogen-bond acceptors (Lipinski definition) is 5. The van der Waals surface area contributed by atoms with Gasteiger partial charge >= 0.3 is 6.09 Å². The molecule has 0 aromatic carbocycles. The molecule has 1 saturated heterocycles. The van der Waals surface area contributed by atoms with Crippen molar-refractivity contribution in [3.05, 3.63) is 17.6 Å². The molecule has 0 spiro atoms. The highest BCUT2D eigenvalue weighted by atomic mass is 16.6. The fourth-order valence-electron chi connectivity index (χ4n) is 2.18. The van der Waals surface area contributed by atoms with E-state index in [2.05, 4.69) is 9.97 Å². The van der Waals surface area contributed by atoms with Gasteiger partial charge in [0, 0.05) is 24.3 Å². The Balaban J connectivity index is 2.09. The zero-order valence-electron chi connectivity index (χ0n) is 13.7. The third-order valence-corrected chi connectivity index (χ3v) is 3.44. The lowest BCUT2D eigenvalue weighted by Gasteiger charge is -2.35. The summed E-state index contributed by atoms with van der Waals surface area (Å²) in [4.78, 5) is 35.7. The first-order chi connectivity index (χ1) is 10.2. The van der Waals surface area contributed by atoms with Crippen molar-refractivity contribution in [1.82, 2.24) is 14.9 Å². The van der Waals surface area contributed by atoms with E-state index in [4.69, 9.17) is 4.74 Å². The first-order valence-electron chi connectivity index (χ1n) is 7.25. The minimum Gasteiger partial charge on any atom is -0.444 e. The summed E-state index contributed by atoms with van der Waals surface area (Å²) in [5.74, 6) is 0.444. The Labute approximate surface area is 130 Å². The number of piperazine rings is 1. The summed E-state index contributed by atoms with van der Waals surface area (Å²) in [6, 6.07) is 0. The van der Waals surface area contributed by atoms with Crippen LogP contribution in [0.3, 0.4) is 0 Å². The van der Waals surface area contributed by atoms with Crippen LogP contribution in [0.25, 0.3) is 0 Å². The van der Waals surface area contributed by atoms with Gasteiger partial charge in [0.1, 0.15) is 24.3 Å². The van der Waals surface area contributed by atoms with Crippen molar-refractivity contribution in [1.29, 1.82) is 0 Å². The van der Waals surface area contributed by atoms with Gasteiger partial charge in [-0.25, -0.2) is 14.8 Å². The van der Waals surface area contributed by atoms with Gasteiger partial charge in [0.25, 0.3) is 0 Å². The largest absolute Gasteiger partial charge is 0.444 e. The van der Waals surface area contributed by atoms with Crippen LogP contribution in [-0.2, 0) is 9.53 Å². The SMILES string of the molecule is Cc1ncnc(N2CCN(C(=O)OC(C)(C)C)CC2=O)c1C. The highest BCUT2D eigenvalue weighted by Crippen LogP contribution is 2.21. The highest BCUT2D eigenvalue weighted by Gasteiger charge is 2.32. The van der Waals surface area contributed by atoms with Gasteiger partial charge in [0.15, 0.2) is 0 Å². The molecular formula is C15H22N4O3. The number of ether oxygens (including phenoxy) is 1. The van der Waals surface area contributed by atoms with Crippen LogP contribution < -0.4 is 4.90 Å². The van der Waals surface area contributed by atoms with E-state index in [0.29, 0.717) is 18.9 Å². The van der Waals surface area contributed by atoms with Crippen LogP contribution in [0.2, 0.25) is 0 Å². The Morgan fingerprint density at radius 2 is 1.91 bits per heavy atom. The summed E-state index contributed by atoms with van der Waals surface area (Å²) in [6.45, 7) is 9.98. The van der Waals surface area contributed by atoms with Crippen molar-refractivity contribution >= 4 is 17.8 Å². The molecular weight excluding hydrogens is 284 g/mol. The van der Waals surface area contributed by atoms with Crippen LogP contribution in [0.15, 0.2) is 6.33 Å². The molecule has 7 heteroatoms. The van der Waals surface area contributed by atoms with Crippen molar-refractivity contribution < 1.29 is 14.3 Å². The fraction of sp³-hybridized carbons (Fsp3) is 0.600. The third-order valence-electron chi connectivity index (χ3n) is 3.44. The molecule has 0 aliphatic carbocycles. The average molecular weight is 306 g/mol. The second-order valence-electron chi connectivity index (χ2n) is 6.35. The predicted octanol–water partition coefficient (Wildman–Crippen LogP) is 1.68. The van der Waals surface area contributed by atoms with E-state index in [1.54, 1.807) is 25.7 Å². The summed E-state index contributed by atoms with van der Waals surface area (Å²) >= 11 is 0. The molecule has 0 N–H and O–H groups in total. The van der Waals surface area contributed by atoms with Gasteiger partial charge in [-0.05, 0) is 34.6 Å². The normalized spacial score (nSPS) is 16.0. The van der Waals surface area contributed by atoms with Crippen LogP contribution in [0.4, 0.5) is 10.6 Å². The molecule has 2 heterocycles. The second kappa shape index (κ2) is 5.90. The van der Waals surface area contributed by atoms with Crippen molar-refractivity contribution in [2.24, 2.45) is 0 Å². The third kappa shape index (κ3) is 3.52. The molecule has 1 aliphatic rings. The molecule has 1 fully saturated rings. The van der Waals surface area contributed by atoms with Crippen LogP contribution in [0.5, 0.6) is 0 Å². The Morgan fingerprint density at radius 1 is 1.23 bits per heavy atom. The molecule has 0 radical (unpaired) electrons. The summed E-state index contributed by atoms with van der Waals surface area (Å²) in [7, 11) is 0. The minimum atomic E-state index is -0.572. The molecule has 2 rings (SSSR count). The zero-order chi connectivity index (χ0) is 16.5. The molecule has 1 aromatic heterocycles. The number of carbonyl (C=O) groups excluding carboxylic acids is 2. The van der Waals surface area contributed by atoms with Crippen molar-refractivity contribution in [2.75, 3.05) is 24.5 Å². The molecule has 7 nitrogen and oxygen atoms in total. The van der Waals surface area contributed by atoms with Gasteiger partial charge in [0.05, 0.1) is 0 Å². The monoisotopic (exact) mass is 306 g/mol. The zero-order valence-corrected chi connectivity index (χ0v) is 13.7. The van der Waals surface area contributed by atoms with E-state index in [-0.39, 0.29) is 12.5 Å². The van der Waals surface area contributed by atoms with E-state index < -0.39 is 11.7 Å². The lowest BCUT2D eigenvalue weighted by molar-refractivity contribution is -0.121. The Bertz CT molecular complexity index is 595. The van der Waals surface area contributed by atoms with Crippen LogP contribution in [-0.4, -0.2) is 52.1 Å². The Kier molecular flexibility index (Phi) is 4.35. The van der Waals surface area contributed by atoms with Gasteiger partial charge in [-0.2, -0.15) is 0 Å². The molecule has 0 bridgehead atoms. The number of aryl methyl sites for hydroxylation is 1. The highest BCUT2D eigenvalue weighted by molar-refractivity contribution is 5.97. The molecule has 22 heavy (non-hydrogen) atoms. The molecule has 0 atom stereocenters. The van der Waals surface area contributed by atoms with Gasteiger partial charge < -0.3 is 4.74 Å². The first-order valence-corrected chi connectivity index (χ1v) is 7.25. The Hall–Kier alpha value is -2.18. The van der Waals surface area contributed by atoms with Crippen LogP contribution in [0.1, 0.15) is 32.0 Å². The van der Waals surface area contributed by atoms with Crippen LogP contribution in [0, 0.1) is 13.8 Å². The minimum absolute atomic E-state index is 0.00258. The average Bonchev–Trinajstić information content (AvgIpc) is 2.40. The maximum atomic E-state index is 12.4. The molecule has 2 amide bonds. The number of nitrogens with zero attached hydrogens (tertiary/aromatic N) is 4. The smallest absolute Gasteiger partial charge is 0.410 e. The number of aromatic nitrogens is 2. The maximum absolute atomic E-state index is 12.4. The molecule has 0 unspecified atom stereocenters. The lowest BCUT2D eigenvalue weighted by atomic mass is 10.2. The van der Waals surface area contributed by atoms with Gasteiger partial charge in [-0.1, -0.05) is 0 Å². The fourth-order valence-corrected chi connectivity index (χ4v) is 2.18. The topological polar surface area (TPSA) is 75.6 Å². The van der Waals surface area contributed by atoms with E-state index in [9.17, 15) is 9.59 Å². The summed E-state index contributed by atoms with van der Waals surface area (Å²) < 4.78 is 5.30.